The number of hydrogen-bond acceptors (Lipinski definition) is 2. The van der Waals surface area contributed by atoms with Crippen LogP contribution in [0.15, 0.2) is 30.3 Å². The van der Waals surface area contributed by atoms with E-state index < -0.39 is 23.7 Å². The van der Waals surface area contributed by atoms with Gasteiger partial charge in [-0.15, -0.1) is 13.2 Å². The van der Waals surface area contributed by atoms with Gasteiger partial charge in [0, 0.05) is 10.8 Å². The van der Waals surface area contributed by atoms with E-state index in [1.807, 2.05) is 0 Å². The summed E-state index contributed by atoms with van der Waals surface area (Å²) in [6.07, 6.45) is -4.90. The minimum atomic E-state index is -4.90. The number of aromatic nitrogens is 2. The van der Waals surface area contributed by atoms with Crippen LogP contribution in [0.2, 0.25) is 10.4 Å². The second kappa shape index (κ2) is 5.59. The number of rotatable bonds is 1. The lowest BCUT2D eigenvalue weighted by molar-refractivity contribution is -0.274. The lowest BCUT2D eigenvalue weighted by Gasteiger charge is -2.13. The highest BCUT2D eigenvalue weighted by Gasteiger charge is 2.31. The van der Waals surface area contributed by atoms with Crippen molar-refractivity contribution in [3.63, 3.8) is 0 Å². The van der Waals surface area contributed by atoms with Crippen molar-refractivity contribution in [2.24, 2.45) is 0 Å². The van der Waals surface area contributed by atoms with Crippen molar-refractivity contribution >= 4 is 50.4 Å². The molecule has 0 aliphatic rings. The summed E-state index contributed by atoms with van der Waals surface area (Å²) in [7, 11) is 0. The van der Waals surface area contributed by atoms with Gasteiger partial charge < -0.3 is 4.74 Å². The second-order valence-corrected chi connectivity index (χ2v) is 6.06. The summed E-state index contributed by atoms with van der Waals surface area (Å²) in [6.45, 7) is 0. The van der Waals surface area contributed by atoms with Crippen LogP contribution in [0.5, 0.6) is 5.75 Å². The Balaban J connectivity index is 2.23. The van der Waals surface area contributed by atoms with Gasteiger partial charge in [-0.3, -0.25) is 4.40 Å². The van der Waals surface area contributed by atoms with Crippen LogP contribution < -0.4 is 4.74 Å². The van der Waals surface area contributed by atoms with Gasteiger partial charge in [0.05, 0.1) is 11.0 Å². The van der Waals surface area contributed by atoms with Gasteiger partial charge >= 0.3 is 6.36 Å². The Morgan fingerprint density at radius 3 is 2.42 bits per heavy atom. The quantitative estimate of drug-likeness (QED) is 0.281. The largest absolute Gasteiger partial charge is 0.573 e. The molecular formula is C16H5Cl2F5N2O. The predicted molar refractivity (Wildman–Crippen MR) is 86.8 cm³/mol. The number of halogens is 7. The topological polar surface area (TPSA) is 26.5 Å². The number of benzene rings is 2. The van der Waals surface area contributed by atoms with Crippen LogP contribution in [-0.4, -0.2) is 15.7 Å². The molecule has 0 saturated heterocycles. The van der Waals surface area contributed by atoms with E-state index in [1.54, 1.807) is 0 Å². The van der Waals surface area contributed by atoms with E-state index in [2.05, 4.69) is 9.72 Å². The zero-order valence-electron chi connectivity index (χ0n) is 12.3. The summed E-state index contributed by atoms with van der Waals surface area (Å²) < 4.78 is 70.9. The van der Waals surface area contributed by atoms with Gasteiger partial charge in [0.15, 0.2) is 16.8 Å². The Morgan fingerprint density at radius 2 is 1.73 bits per heavy atom. The normalized spacial score (nSPS) is 12.4. The highest BCUT2D eigenvalue weighted by atomic mass is 35.5. The van der Waals surface area contributed by atoms with Gasteiger partial charge in [-0.05, 0) is 41.3 Å². The monoisotopic (exact) mass is 406 g/mol. The van der Waals surface area contributed by atoms with E-state index in [0.29, 0.717) is 5.52 Å². The van der Waals surface area contributed by atoms with Gasteiger partial charge in [-0.2, -0.15) is 0 Å². The van der Waals surface area contributed by atoms with E-state index in [1.165, 1.54) is 16.5 Å². The number of nitrogens with zero attached hydrogens (tertiary/aromatic N) is 2. The molecule has 3 nitrogen and oxygen atoms in total. The number of ether oxygens (including phenoxy) is 1. The van der Waals surface area contributed by atoms with E-state index in [-0.39, 0.29) is 32.1 Å². The fourth-order valence-corrected chi connectivity index (χ4v) is 3.50. The molecule has 26 heavy (non-hydrogen) atoms. The van der Waals surface area contributed by atoms with Crippen molar-refractivity contribution in [1.82, 2.24) is 9.38 Å². The van der Waals surface area contributed by atoms with E-state index >= 15 is 0 Å². The van der Waals surface area contributed by atoms with E-state index in [4.69, 9.17) is 23.2 Å². The van der Waals surface area contributed by atoms with Crippen LogP contribution in [0.3, 0.4) is 0 Å². The molecular weight excluding hydrogens is 402 g/mol. The Kier molecular flexibility index (Phi) is 3.68. The molecule has 2 heterocycles. The molecule has 0 atom stereocenters. The summed E-state index contributed by atoms with van der Waals surface area (Å²) in [6, 6.07) is 5.55. The zero-order valence-corrected chi connectivity index (χ0v) is 13.8. The molecule has 4 rings (SSSR count). The molecule has 0 N–H and O–H groups in total. The molecule has 10 heteroatoms. The average Bonchev–Trinajstić information content (AvgIpc) is 2.84. The summed E-state index contributed by atoms with van der Waals surface area (Å²) >= 11 is 12.1. The third-order valence-corrected chi connectivity index (χ3v) is 4.38. The number of imidazole rings is 1. The first-order valence-electron chi connectivity index (χ1n) is 7.00. The molecule has 4 aromatic rings. The summed E-state index contributed by atoms with van der Waals surface area (Å²) in [4.78, 5) is 3.84. The van der Waals surface area contributed by atoms with Crippen LogP contribution in [0.25, 0.3) is 27.2 Å². The third kappa shape index (κ3) is 2.52. The maximum absolute atomic E-state index is 14.5. The Labute approximate surface area is 151 Å². The van der Waals surface area contributed by atoms with Crippen molar-refractivity contribution in [2.45, 2.75) is 6.36 Å². The van der Waals surface area contributed by atoms with Crippen LogP contribution >= 0.6 is 23.2 Å². The Bertz CT molecular complexity index is 1200. The smallest absolute Gasteiger partial charge is 0.406 e. The fraction of sp³-hybridized carbons (Fsp3) is 0.0625. The van der Waals surface area contributed by atoms with Crippen molar-refractivity contribution in [3.05, 3.63) is 52.4 Å². The highest BCUT2D eigenvalue weighted by Crippen LogP contribution is 2.39. The van der Waals surface area contributed by atoms with E-state index in [0.717, 1.165) is 18.2 Å². The van der Waals surface area contributed by atoms with Crippen LogP contribution in [-0.2, 0) is 0 Å². The first-order valence-corrected chi connectivity index (χ1v) is 7.75. The van der Waals surface area contributed by atoms with Gasteiger partial charge in [0.2, 0.25) is 5.28 Å². The molecule has 134 valence electrons. The van der Waals surface area contributed by atoms with Crippen LogP contribution in [0, 0.1) is 11.6 Å². The van der Waals surface area contributed by atoms with Crippen molar-refractivity contribution in [3.8, 4) is 5.75 Å². The predicted octanol–water partition coefficient (Wildman–Crippen LogP) is 6.12. The lowest BCUT2D eigenvalue weighted by atomic mass is 10.0. The zero-order chi connectivity index (χ0) is 18.8. The lowest BCUT2D eigenvalue weighted by Crippen LogP contribution is -2.17. The van der Waals surface area contributed by atoms with Gasteiger partial charge in [-0.1, -0.05) is 17.7 Å². The molecule has 0 aliphatic heterocycles. The molecule has 0 amide bonds. The van der Waals surface area contributed by atoms with Gasteiger partial charge in [-0.25, -0.2) is 13.8 Å². The maximum Gasteiger partial charge on any atom is 0.573 e. The Morgan fingerprint density at radius 1 is 1.00 bits per heavy atom. The number of alkyl halides is 3. The van der Waals surface area contributed by atoms with Crippen LogP contribution in [0.1, 0.15) is 0 Å². The maximum atomic E-state index is 14.5. The van der Waals surface area contributed by atoms with Gasteiger partial charge in [0.1, 0.15) is 5.75 Å². The molecule has 0 aliphatic carbocycles. The third-order valence-electron chi connectivity index (χ3n) is 3.86. The SMILES string of the molecule is Fc1ccc2c3cc(OC(F)(F)F)ccc3n3c(Cl)nc(Cl)c3c2c1F. The molecule has 0 fully saturated rings. The van der Waals surface area contributed by atoms with Crippen molar-refractivity contribution in [2.75, 3.05) is 0 Å². The highest BCUT2D eigenvalue weighted by molar-refractivity contribution is 6.37. The van der Waals surface area contributed by atoms with Crippen molar-refractivity contribution < 1.29 is 26.7 Å². The number of hydrogen-bond donors (Lipinski definition) is 0. The second-order valence-electron chi connectivity index (χ2n) is 5.37. The van der Waals surface area contributed by atoms with Crippen LogP contribution in [0.4, 0.5) is 22.0 Å². The minimum absolute atomic E-state index is 0.0145. The van der Waals surface area contributed by atoms with Crippen molar-refractivity contribution in [1.29, 1.82) is 0 Å². The molecule has 0 saturated carbocycles. The molecule has 0 bridgehead atoms. The summed E-state index contributed by atoms with van der Waals surface area (Å²) in [5, 5.41) is -0.264. The first kappa shape index (κ1) is 17.1. The fourth-order valence-electron chi connectivity index (χ4n) is 2.93. The van der Waals surface area contributed by atoms with E-state index in [9.17, 15) is 22.0 Å². The number of pyridine rings is 1. The standard InChI is InChI=1S/C16H5Cl2F5N2O/c17-14-13-11-7(2-3-9(19)12(11)20)8-5-6(26-16(21,22)23)1-4-10(8)25(13)15(18)24-14/h1-5H. The molecule has 0 radical (unpaired) electrons. The minimum Gasteiger partial charge on any atom is -0.406 e. The Hall–Kier alpha value is -2.32. The molecule has 2 aromatic carbocycles. The average molecular weight is 407 g/mol. The molecule has 0 spiro atoms. The number of fused-ring (bicyclic) bond motifs is 6. The first-order chi connectivity index (χ1) is 12.2. The summed E-state index contributed by atoms with van der Waals surface area (Å²) in [5.74, 6) is -2.87. The summed E-state index contributed by atoms with van der Waals surface area (Å²) in [5.41, 5.74) is 0.318. The van der Waals surface area contributed by atoms with Gasteiger partial charge in [0.25, 0.3) is 0 Å². The molecule has 2 aromatic heterocycles. The molecule has 0 unspecified atom stereocenters.